The Hall–Kier alpha value is -0.430. The molecule has 1 rings (SSSR count). The number of hydrogen-bond acceptors (Lipinski definition) is 1. The van der Waals surface area contributed by atoms with Crippen LogP contribution < -0.4 is 0 Å². The maximum absolute atomic E-state index is 4.28. The highest BCUT2D eigenvalue weighted by molar-refractivity contribution is 7.80. The molecular formula is C12H18S. The number of hydrogen-bond donors (Lipinski definition) is 1. The van der Waals surface area contributed by atoms with Crippen LogP contribution in [0.2, 0.25) is 0 Å². The zero-order valence-corrected chi connectivity index (χ0v) is 9.35. The van der Waals surface area contributed by atoms with Crippen LogP contribution in [0.4, 0.5) is 0 Å². The minimum atomic E-state index is 0.735. The molecule has 0 amide bonds. The highest BCUT2D eigenvalue weighted by atomic mass is 32.1. The molecule has 0 saturated carbocycles. The van der Waals surface area contributed by atoms with Gasteiger partial charge in [0, 0.05) is 4.90 Å². The van der Waals surface area contributed by atoms with Crippen LogP contribution in [0.3, 0.4) is 0 Å². The molecule has 1 atom stereocenters. The van der Waals surface area contributed by atoms with Gasteiger partial charge >= 0.3 is 0 Å². The minimum Gasteiger partial charge on any atom is -0.143 e. The third-order valence-electron chi connectivity index (χ3n) is 2.49. The molecule has 0 saturated heterocycles. The van der Waals surface area contributed by atoms with Crippen LogP contribution in [-0.4, -0.2) is 0 Å². The first-order chi connectivity index (χ1) is 6.27. The van der Waals surface area contributed by atoms with Crippen molar-refractivity contribution in [2.75, 3.05) is 0 Å². The van der Waals surface area contributed by atoms with Crippen LogP contribution in [0.1, 0.15) is 44.6 Å². The van der Waals surface area contributed by atoms with Gasteiger partial charge in [0.1, 0.15) is 0 Å². The number of benzene rings is 1. The van der Waals surface area contributed by atoms with Crippen molar-refractivity contribution < 1.29 is 0 Å². The first kappa shape index (κ1) is 10.6. The Labute approximate surface area is 86.8 Å². The molecule has 1 aromatic carbocycles. The van der Waals surface area contributed by atoms with Gasteiger partial charge in [-0.05, 0) is 36.5 Å². The van der Waals surface area contributed by atoms with E-state index in [-0.39, 0.29) is 0 Å². The lowest BCUT2D eigenvalue weighted by Gasteiger charge is -2.13. The summed E-state index contributed by atoms with van der Waals surface area (Å²) in [6, 6.07) is 8.56. The second-order valence-corrected chi connectivity index (χ2v) is 4.00. The average Bonchev–Trinajstić information content (AvgIpc) is 2.16. The van der Waals surface area contributed by atoms with Gasteiger partial charge in [-0.2, -0.15) is 0 Å². The van der Waals surface area contributed by atoms with Crippen molar-refractivity contribution in [3.63, 3.8) is 0 Å². The fraction of sp³-hybridized carbons (Fsp3) is 0.500. The Kier molecular flexibility index (Phi) is 4.37. The van der Waals surface area contributed by atoms with Crippen molar-refractivity contribution in [1.82, 2.24) is 0 Å². The van der Waals surface area contributed by atoms with Crippen molar-refractivity contribution in [1.29, 1.82) is 0 Å². The van der Waals surface area contributed by atoms with Gasteiger partial charge < -0.3 is 0 Å². The van der Waals surface area contributed by atoms with Gasteiger partial charge in [-0.25, -0.2) is 0 Å². The fourth-order valence-electron chi connectivity index (χ4n) is 1.70. The van der Waals surface area contributed by atoms with Gasteiger partial charge in [0.15, 0.2) is 0 Å². The van der Waals surface area contributed by atoms with Crippen LogP contribution in [0, 0.1) is 0 Å². The van der Waals surface area contributed by atoms with Crippen molar-refractivity contribution in [2.24, 2.45) is 0 Å². The molecule has 0 radical (unpaired) electrons. The van der Waals surface area contributed by atoms with Gasteiger partial charge in [-0.3, -0.25) is 0 Å². The van der Waals surface area contributed by atoms with Gasteiger partial charge in [0.05, 0.1) is 0 Å². The van der Waals surface area contributed by atoms with E-state index < -0.39 is 0 Å². The molecule has 0 N–H and O–H groups in total. The monoisotopic (exact) mass is 194 g/mol. The molecule has 0 aliphatic rings. The van der Waals surface area contributed by atoms with Gasteiger partial charge in [-0.15, -0.1) is 12.6 Å². The smallest absolute Gasteiger partial charge is 0.00401 e. The van der Waals surface area contributed by atoms with Crippen molar-refractivity contribution in [3.05, 3.63) is 29.8 Å². The summed E-state index contributed by atoms with van der Waals surface area (Å²) in [7, 11) is 0. The zero-order valence-electron chi connectivity index (χ0n) is 8.46. The summed E-state index contributed by atoms with van der Waals surface area (Å²) in [6.07, 6.45) is 3.79. The summed E-state index contributed by atoms with van der Waals surface area (Å²) >= 11 is 4.28. The molecule has 0 fully saturated rings. The second kappa shape index (κ2) is 5.33. The maximum atomic E-state index is 4.28. The molecule has 13 heavy (non-hydrogen) atoms. The largest absolute Gasteiger partial charge is 0.143 e. The number of rotatable bonds is 4. The van der Waals surface area contributed by atoms with Crippen LogP contribution in [0.15, 0.2) is 29.2 Å². The van der Waals surface area contributed by atoms with E-state index in [4.69, 9.17) is 0 Å². The van der Waals surface area contributed by atoms with Crippen LogP contribution >= 0.6 is 12.6 Å². The molecule has 0 nitrogen and oxygen atoms in total. The standard InChI is InChI=1S/C12H18S/c1-3-5-10(4-2)11-6-8-12(13)9-7-11/h6-10,13H,3-5H2,1-2H3. The second-order valence-electron chi connectivity index (χ2n) is 3.49. The Morgan fingerprint density at radius 2 is 1.77 bits per heavy atom. The Balaban J connectivity index is 2.73. The third-order valence-corrected chi connectivity index (χ3v) is 2.79. The maximum Gasteiger partial charge on any atom is 0.00401 e. The van der Waals surface area contributed by atoms with Gasteiger partial charge in [0.25, 0.3) is 0 Å². The van der Waals surface area contributed by atoms with E-state index in [0.717, 1.165) is 10.8 Å². The van der Waals surface area contributed by atoms with Crippen molar-refractivity contribution in [3.8, 4) is 0 Å². The highest BCUT2D eigenvalue weighted by Crippen LogP contribution is 2.25. The van der Waals surface area contributed by atoms with E-state index in [2.05, 4.69) is 50.7 Å². The highest BCUT2D eigenvalue weighted by Gasteiger charge is 2.06. The van der Waals surface area contributed by atoms with E-state index in [1.54, 1.807) is 0 Å². The van der Waals surface area contributed by atoms with E-state index >= 15 is 0 Å². The van der Waals surface area contributed by atoms with E-state index in [1.807, 2.05) is 0 Å². The molecule has 1 unspecified atom stereocenters. The lowest BCUT2D eigenvalue weighted by molar-refractivity contribution is 0.595. The summed E-state index contributed by atoms with van der Waals surface area (Å²) in [6.45, 7) is 4.50. The first-order valence-electron chi connectivity index (χ1n) is 5.06. The van der Waals surface area contributed by atoms with E-state index in [9.17, 15) is 0 Å². The molecular weight excluding hydrogens is 176 g/mol. The molecule has 0 bridgehead atoms. The molecule has 1 heteroatoms. The quantitative estimate of drug-likeness (QED) is 0.680. The first-order valence-corrected chi connectivity index (χ1v) is 5.51. The van der Waals surface area contributed by atoms with Gasteiger partial charge in [0.2, 0.25) is 0 Å². The molecule has 1 aromatic rings. The molecule has 0 aromatic heterocycles. The normalized spacial score (nSPS) is 12.8. The predicted octanol–water partition coefficient (Wildman–Crippen LogP) is 4.27. The van der Waals surface area contributed by atoms with E-state index in [0.29, 0.717) is 0 Å². The Morgan fingerprint density at radius 3 is 2.23 bits per heavy atom. The summed E-state index contributed by atoms with van der Waals surface area (Å²) < 4.78 is 0. The molecule has 0 aliphatic heterocycles. The van der Waals surface area contributed by atoms with Crippen LogP contribution in [0.5, 0.6) is 0 Å². The van der Waals surface area contributed by atoms with Crippen molar-refractivity contribution >= 4 is 12.6 Å². The minimum absolute atomic E-state index is 0.735. The molecule has 0 aliphatic carbocycles. The van der Waals surface area contributed by atoms with E-state index in [1.165, 1.54) is 24.8 Å². The third kappa shape index (κ3) is 3.07. The van der Waals surface area contributed by atoms with Crippen LogP contribution in [0.25, 0.3) is 0 Å². The molecule has 0 spiro atoms. The fourth-order valence-corrected chi connectivity index (χ4v) is 1.85. The molecule has 0 heterocycles. The molecule has 72 valence electrons. The Bertz CT molecular complexity index is 238. The summed E-state index contributed by atoms with van der Waals surface area (Å²) in [5.41, 5.74) is 1.46. The summed E-state index contributed by atoms with van der Waals surface area (Å²) in [5, 5.41) is 0. The topological polar surface area (TPSA) is 0 Å². The predicted molar refractivity (Wildman–Crippen MR) is 61.6 cm³/mol. The number of thiol groups is 1. The Morgan fingerprint density at radius 1 is 1.15 bits per heavy atom. The summed E-state index contributed by atoms with van der Waals surface area (Å²) in [4.78, 5) is 1.05. The van der Waals surface area contributed by atoms with Crippen LogP contribution in [-0.2, 0) is 0 Å². The lowest BCUT2D eigenvalue weighted by Crippen LogP contribution is -1.96. The average molecular weight is 194 g/mol. The van der Waals surface area contributed by atoms with Gasteiger partial charge in [-0.1, -0.05) is 32.4 Å². The SMILES string of the molecule is CCCC(CC)c1ccc(S)cc1. The van der Waals surface area contributed by atoms with Crippen molar-refractivity contribution in [2.45, 2.75) is 43.9 Å². The lowest BCUT2D eigenvalue weighted by atomic mass is 9.92. The zero-order chi connectivity index (χ0) is 9.68. The summed E-state index contributed by atoms with van der Waals surface area (Å²) in [5.74, 6) is 0.735.